The number of para-hydroxylation sites is 1. The number of piperidine rings is 1. The number of benzene rings is 1. The second-order valence-corrected chi connectivity index (χ2v) is 7.18. The molecular formula is C19H28N2O4. The quantitative estimate of drug-likeness (QED) is 0.803. The SMILES string of the molecule is O=C(COc1ccccc1CN1CC[C@](O)(CO)C1)N1CCCCC1. The van der Waals surface area contributed by atoms with E-state index in [1.165, 1.54) is 6.42 Å². The predicted octanol–water partition coefficient (Wildman–Crippen LogP) is 1.01. The molecule has 0 saturated carbocycles. The van der Waals surface area contributed by atoms with Crippen molar-refractivity contribution >= 4 is 5.91 Å². The van der Waals surface area contributed by atoms with Crippen LogP contribution >= 0.6 is 0 Å². The van der Waals surface area contributed by atoms with Gasteiger partial charge in [0.2, 0.25) is 0 Å². The molecule has 2 aliphatic rings. The van der Waals surface area contributed by atoms with Gasteiger partial charge in [0, 0.05) is 38.3 Å². The lowest BCUT2D eigenvalue weighted by atomic mass is 10.1. The Morgan fingerprint density at radius 1 is 1.16 bits per heavy atom. The number of carbonyl (C=O) groups is 1. The van der Waals surface area contributed by atoms with Crippen molar-refractivity contribution in [2.24, 2.45) is 0 Å². The average Bonchev–Trinajstić information content (AvgIpc) is 3.03. The molecule has 1 amide bonds. The van der Waals surface area contributed by atoms with Gasteiger partial charge in [0.1, 0.15) is 11.4 Å². The smallest absolute Gasteiger partial charge is 0.260 e. The summed E-state index contributed by atoms with van der Waals surface area (Å²) in [7, 11) is 0. The van der Waals surface area contributed by atoms with Crippen LogP contribution in [0.3, 0.4) is 0 Å². The molecular weight excluding hydrogens is 320 g/mol. The van der Waals surface area contributed by atoms with E-state index in [2.05, 4.69) is 4.90 Å². The lowest BCUT2D eigenvalue weighted by Crippen LogP contribution is -2.38. The maximum atomic E-state index is 12.3. The van der Waals surface area contributed by atoms with Gasteiger partial charge in [-0.05, 0) is 31.7 Å². The van der Waals surface area contributed by atoms with Crippen LogP contribution in [0.25, 0.3) is 0 Å². The molecule has 6 nitrogen and oxygen atoms in total. The molecule has 1 aromatic carbocycles. The lowest BCUT2D eigenvalue weighted by Gasteiger charge is -2.27. The number of rotatable bonds is 6. The highest BCUT2D eigenvalue weighted by molar-refractivity contribution is 5.77. The maximum absolute atomic E-state index is 12.3. The highest BCUT2D eigenvalue weighted by Crippen LogP contribution is 2.26. The van der Waals surface area contributed by atoms with Crippen LogP contribution < -0.4 is 4.74 Å². The topological polar surface area (TPSA) is 73.2 Å². The summed E-state index contributed by atoms with van der Waals surface area (Å²) in [6.45, 7) is 3.33. The molecule has 0 aromatic heterocycles. The minimum atomic E-state index is -1.000. The zero-order valence-corrected chi connectivity index (χ0v) is 14.7. The molecule has 3 rings (SSSR count). The molecule has 138 valence electrons. The Balaban J connectivity index is 1.56. The van der Waals surface area contributed by atoms with Crippen LogP contribution in [0.2, 0.25) is 0 Å². The molecule has 0 spiro atoms. The highest BCUT2D eigenvalue weighted by atomic mass is 16.5. The molecule has 0 bridgehead atoms. The number of carbonyl (C=O) groups excluding carboxylic acids is 1. The molecule has 2 fully saturated rings. The number of ether oxygens (including phenoxy) is 1. The molecule has 0 radical (unpaired) electrons. The number of nitrogens with zero attached hydrogens (tertiary/aromatic N) is 2. The van der Waals surface area contributed by atoms with E-state index in [1.807, 2.05) is 29.2 Å². The summed E-state index contributed by atoms with van der Waals surface area (Å²) in [4.78, 5) is 16.3. The Kier molecular flexibility index (Phi) is 5.93. The summed E-state index contributed by atoms with van der Waals surface area (Å²) < 4.78 is 5.81. The Labute approximate surface area is 149 Å². The summed E-state index contributed by atoms with van der Waals surface area (Å²) in [5, 5.41) is 19.5. The van der Waals surface area contributed by atoms with Crippen LogP contribution in [0.15, 0.2) is 24.3 Å². The Hall–Kier alpha value is -1.63. The molecule has 1 aromatic rings. The molecule has 2 saturated heterocycles. The van der Waals surface area contributed by atoms with Crippen LogP contribution in [0.5, 0.6) is 5.75 Å². The van der Waals surface area contributed by atoms with E-state index in [0.717, 1.165) is 38.0 Å². The molecule has 2 N–H and O–H groups in total. The first kappa shape index (κ1) is 18.2. The average molecular weight is 348 g/mol. The minimum absolute atomic E-state index is 0.0466. The van der Waals surface area contributed by atoms with Crippen LogP contribution in [0, 0.1) is 0 Å². The Morgan fingerprint density at radius 3 is 2.64 bits per heavy atom. The minimum Gasteiger partial charge on any atom is -0.483 e. The molecule has 2 heterocycles. The molecule has 0 unspecified atom stereocenters. The maximum Gasteiger partial charge on any atom is 0.260 e. The standard InChI is InChI=1S/C19H28N2O4/c22-15-19(24)8-11-20(14-19)12-16-6-2-3-7-17(16)25-13-18(23)21-9-4-1-5-10-21/h2-3,6-7,22,24H,1,4-5,8-15H2/t19-/m1/s1. The summed E-state index contributed by atoms with van der Waals surface area (Å²) in [5.41, 5.74) is -0.00355. The van der Waals surface area contributed by atoms with E-state index < -0.39 is 5.60 Å². The van der Waals surface area contributed by atoms with E-state index in [1.54, 1.807) is 0 Å². The lowest BCUT2D eigenvalue weighted by molar-refractivity contribution is -0.134. The number of likely N-dealkylation sites (tertiary alicyclic amines) is 2. The van der Waals surface area contributed by atoms with Crippen LogP contribution in [0.1, 0.15) is 31.2 Å². The van der Waals surface area contributed by atoms with Crippen molar-refractivity contribution in [1.29, 1.82) is 0 Å². The first-order valence-corrected chi connectivity index (χ1v) is 9.14. The largest absolute Gasteiger partial charge is 0.483 e. The van der Waals surface area contributed by atoms with Gasteiger partial charge in [0.15, 0.2) is 6.61 Å². The number of hydrogen-bond donors (Lipinski definition) is 2. The van der Waals surface area contributed by atoms with Gasteiger partial charge in [-0.2, -0.15) is 0 Å². The van der Waals surface area contributed by atoms with Gasteiger partial charge in [-0.1, -0.05) is 18.2 Å². The third kappa shape index (κ3) is 4.71. The third-order valence-electron chi connectivity index (χ3n) is 5.13. The van der Waals surface area contributed by atoms with Crippen LogP contribution in [0.4, 0.5) is 0 Å². The van der Waals surface area contributed by atoms with Crippen molar-refractivity contribution in [3.05, 3.63) is 29.8 Å². The van der Waals surface area contributed by atoms with Crippen LogP contribution in [-0.4, -0.2) is 70.9 Å². The molecule has 6 heteroatoms. The fourth-order valence-electron chi connectivity index (χ4n) is 3.59. The molecule has 25 heavy (non-hydrogen) atoms. The fourth-order valence-corrected chi connectivity index (χ4v) is 3.59. The van der Waals surface area contributed by atoms with Gasteiger partial charge in [-0.25, -0.2) is 0 Å². The van der Waals surface area contributed by atoms with Gasteiger partial charge in [0.25, 0.3) is 5.91 Å². The van der Waals surface area contributed by atoms with Gasteiger partial charge in [-0.3, -0.25) is 9.69 Å². The summed E-state index contributed by atoms with van der Waals surface area (Å²) in [5.74, 6) is 0.762. The summed E-state index contributed by atoms with van der Waals surface area (Å²) in [6.07, 6.45) is 3.92. The van der Waals surface area contributed by atoms with Crippen molar-refractivity contribution in [2.75, 3.05) is 39.4 Å². The first-order valence-electron chi connectivity index (χ1n) is 9.14. The van der Waals surface area contributed by atoms with Crippen molar-refractivity contribution in [3.63, 3.8) is 0 Å². The van der Waals surface area contributed by atoms with Crippen molar-refractivity contribution in [2.45, 2.75) is 37.8 Å². The number of hydrogen-bond acceptors (Lipinski definition) is 5. The number of aliphatic hydroxyl groups excluding tert-OH is 1. The van der Waals surface area contributed by atoms with E-state index in [0.29, 0.717) is 25.3 Å². The molecule has 1 atom stereocenters. The van der Waals surface area contributed by atoms with Crippen LogP contribution in [-0.2, 0) is 11.3 Å². The zero-order valence-electron chi connectivity index (χ0n) is 14.7. The van der Waals surface area contributed by atoms with Crippen molar-refractivity contribution < 1.29 is 19.7 Å². The summed E-state index contributed by atoms with van der Waals surface area (Å²) >= 11 is 0. The number of β-amino-alcohol motifs (C(OH)–C–C–N with tert-alkyl or cyclic N) is 1. The predicted molar refractivity (Wildman–Crippen MR) is 94.3 cm³/mol. The van der Waals surface area contributed by atoms with E-state index in [-0.39, 0.29) is 19.1 Å². The third-order valence-corrected chi connectivity index (χ3v) is 5.13. The second kappa shape index (κ2) is 8.17. The highest BCUT2D eigenvalue weighted by Gasteiger charge is 2.35. The molecule has 2 aliphatic heterocycles. The van der Waals surface area contributed by atoms with Gasteiger partial charge in [0.05, 0.1) is 6.61 Å². The van der Waals surface area contributed by atoms with Gasteiger partial charge < -0.3 is 19.8 Å². The van der Waals surface area contributed by atoms with E-state index in [4.69, 9.17) is 4.74 Å². The Bertz CT molecular complexity index is 589. The van der Waals surface area contributed by atoms with E-state index in [9.17, 15) is 15.0 Å². The first-order chi connectivity index (χ1) is 12.1. The summed E-state index contributed by atoms with van der Waals surface area (Å²) in [6, 6.07) is 7.71. The zero-order chi connectivity index (χ0) is 17.7. The van der Waals surface area contributed by atoms with Gasteiger partial charge in [-0.15, -0.1) is 0 Å². The molecule has 0 aliphatic carbocycles. The van der Waals surface area contributed by atoms with Crippen molar-refractivity contribution in [1.82, 2.24) is 9.80 Å². The van der Waals surface area contributed by atoms with Crippen molar-refractivity contribution in [3.8, 4) is 5.75 Å². The normalized spacial score (nSPS) is 24.5. The number of aliphatic hydroxyl groups is 2. The van der Waals surface area contributed by atoms with Gasteiger partial charge >= 0.3 is 0 Å². The monoisotopic (exact) mass is 348 g/mol. The second-order valence-electron chi connectivity index (χ2n) is 7.18. The number of amides is 1. The fraction of sp³-hybridized carbons (Fsp3) is 0.632. The van der Waals surface area contributed by atoms with E-state index >= 15 is 0 Å². The Morgan fingerprint density at radius 2 is 1.92 bits per heavy atom.